The van der Waals surface area contributed by atoms with Crippen LogP contribution >= 0.6 is 0 Å². The van der Waals surface area contributed by atoms with Crippen LogP contribution in [-0.4, -0.2) is 11.7 Å². The number of anilines is 1. The number of Topliss-reactive ketones (excluding diaryl/α,β-unsaturated/α-hetero) is 1. The third kappa shape index (κ3) is 1.43. The summed E-state index contributed by atoms with van der Waals surface area (Å²) in [6, 6.07) is 3.57. The molecule has 0 radical (unpaired) electrons. The molecule has 2 rings (SSSR count). The molecule has 1 N–H and O–H groups in total. The molecule has 0 spiro atoms. The van der Waals surface area contributed by atoms with E-state index in [4.69, 9.17) is 10.8 Å². The van der Waals surface area contributed by atoms with Crippen molar-refractivity contribution in [3.05, 3.63) is 29.6 Å². The smallest absolute Gasteiger partial charge is 0.296 e. The number of rotatable bonds is 0. The van der Waals surface area contributed by atoms with Crippen molar-refractivity contribution in [3.8, 4) is 0 Å². The Labute approximate surface area is 78.0 Å². The van der Waals surface area contributed by atoms with E-state index in [0.29, 0.717) is 0 Å². The first-order valence-electron chi connectivity index (χ1n) is 3.54. The van der Waals surface area contributed by atoms with Crippen molar-refractivity contribution in [1.29, 1.82) is 10.8 Å². The van der Waals surface area contributed by atoms with Gasteiger partial charge in [-0.05, 0) is 18.2 Å². The van der Waals surface area contributed by atoms with Crippen LogP contribution in [0.25, 0.3) is 0 Å². The van der Waals surface area contributed by atoms with Crippen molar-refractivity contribution in [2.24, 2.45) is 0 Å². The van der Waals surface area contributed by atoms with E-state index in [-0.39, 0.29) is 11.3 Å². The normalized spacial score (nSPS) is 12.5. The second kappa shape index (κ2) is 3.62. The number of nitrogens with zero attached hydrogens (tertiary/aromatic N) is 2. The Balaban J connectivity index is 0.000000461. The summed E-state index contributed by atoms with van der Waals surface area (Å²) in [5.41, 5.74) is 0.492. The standard InChI is InChI=1S/C8H4FNO2.N2/c9-4-1-2-5-6(3-4)10-8(12)7(5)11;1-2/h1-3H,(H,10,11,12);. The van der Waals surface area contributed by atoms with E-state index in [1.807, 2.05) is 0 Å². The number of ketones is 1. The van der Waals surface area contributed by atoms with Gasteiger partial charge >= 0.3 is 0 Å². The van der Waals surface area contributed by atoms with Gasteiger partial charge in [0.2, 0.25) is 0 Å². The molecule has 1 aliphatic rings. The fourth-order valence-electron chi connectivity index (χ4n) is 1.12. The molecule has 1 aliphatic heterocycles. The minimum atomic E-state index is -0.699. The van der Waals surface area contributed by atoms with E-state index >= 15 is 0 Å². The number of halogens is 1. The maximum atomic E-state index is 12.6. The maximum absolute atomic E-state index is 12.6. The van der Waals surface area contributed by atoms with Gasteiger partial charge in [0.25, 0.3) is 11.7 Å². The van der Waals surface area contributed by atoms with Gasteiger partial charge in [-0.25, -0.2) is 4.39 Å². The van der Waals surface area contributed by atoms with E-state index in [9.17, 15) is 14.0 Å². The fraction of sp³-hybridized carbons (Fsp3) is 0. The first-order valence-corrected chi connectivity index (χ1v) is 3.54. The van der Waals surface area contributed by atoms with Gasteiger partial charge in [0, 0.05) is 10.8 Å². The van der Waals surface area contributed by atoms with Gasteiger partial charge in [0.1, 0.15) is 5.82 Å². The van der Waals surface area contributed by atoms with Crippen LogP contribution in [0.4, 0.5) is 10.1 Å². The summed E-state index contributed by atoms with van der Waals surface area (Å²) in [4.78, 5) is 21.7. The summed E-state index contributed by atoms with van der Waals surface area (Å²) >= 11 is 0. The number of carbonyl (C=O) groups excluding carboxylic acids is 2. The van der Waals surface area contributed by atoms with Crippen LogP contribution < -0.4 is 5.32 Å². The summed E-state index contributed by atoms with van der Waals surface area (Å²) in [5.74, 6) is -1.77. The van der Waals surface area contributed by atoms with Crippen LogP contribution in [-0.2, 0) is 4.79 Å². The number of hydrogen-bond acceptors (Lipinski definition) is 4. The van der Waals surface area contributed by atoms with E-state index in [1.54, 1.807) is 0 Å². The Morgan fingerprint density at radius 3 is 2.50 bits per heavy atom. The lowest BCUT2D eigenvalue weighted by atomic mass is 10.1. The average Bonchev–Trinajstić information content (AvgIpc) is 2.45. The topological polar surface area (TPSA) is 93.8 Å². The van der Waals surface area contributed by atoms with Gasteiger partial charge in [-0.1, -0.05) is 0 Å². The second-order valence-corrected chi connectivity index (χ2v) is 2.47. The quantitative estimate of drug-likeness (QED) is 0.491. The maximum Gasteiger partial charge on any atom is 0.296 e. The molecule has 0 fully saturated rings. The molecule has 0 saturated heterocycles. The van der Waals surface area contributed by atoms with Crippen LogP contribution in [0.5, 0.6) is 0 Å². The third-order valence-electron chi connectivity index (χ3n) is 1.68. The van der Waals surface area contributed by atoms with Crippen molar-refractivity contribution in [1.82, 2.24) is 0 Å². The second-order valence-electron chi connectivity index (χ2n) is 2.47. The highest BCUT2D eigenvalue weighted by Gasteiger charge is 2.27. The lowest BCUT2D eigenvalue weighted by Crippen LogP contribution is -2.12. The molecule has 1 amide bonds. The van der Waals surface area contributed by atoms with Crippen molar-refractivity contribution >= 4 is 17.4 Å². The number of benzene rings is 1. The Kier molecular flexibility index (Phi) is 2.53. The molecule has 70 valence electrons. The van der Waals surface area contributed by atoms with Crippen molar-refractivity contribution in [2.75, 3.05) is 5.32 Å². The Bertz CT molecular complexity index is 428. The Hall–Kier alpha value is -2.29. The average molecular weight is 193 g/mol. The molecule has 0 aliphatic carbocycles. The van der Waals surface area contributed by atoms with Gasteiger partial charge in [0.05, 0.1) is 11.3 Å². The number of fused-ring (bicyclic) bond motifs is 1. The highest BCUT2D eigenvalue weighted by molar-refractivity contribution is 6.51. The molecule has 0 bridgehead atoms. The monoisotopic (exact) mass is 193 g/mol. The van der Waals surface area contributed by atoms with Gasteiger partial charge < -0.3 is 5.32 Å². The molecule has 1 heterocycles. The highest BCUT2D eigenvalue weighted by Crippen LogP contribution is 2.23. The fourth-order valence-corrected chi connectivity index (χ4v) is 1.12. The molecule has 0 unspecified atom stereocenters. The lowest BCUT2D eigenvalue weighted by Gasteiger charge is -1.94. The van der Waals surface area contributed by atoms with Crippen molar-refractivity contribution in [2.45, 2.75) is 0 Å². The zero-order valence-electron chi connectivity index (χ0n) is 6.82. The molecule has 14 heavy (non-hydrogen) atoms. The van der Waals surface area contributed by atoms with Gasteiger partial charge in [-0.2, -0.15) is 0 Å². The summed E-state index contributed by atoms with van der Waals surface area (Å²) < 4.78 is 12.6. The Morgan fingerprint density at radius 1 is 1.21 bits per heavy atom. The summed E-state index contributed by atoms with van der Waals surface area (Å²) in [6.45, 7) is 0. The minimum Gasteiger partial charge on any atom is -0.318 e. The molecular weight excluding hydrogens is 189 g/mol. The van der Waals surface area contributed by atoms with Crippen LogP contribution in [0.1, 0.15) is 10.4 Å². The summed E-state index contributed by atoms with van der Waals surface area (Å²) in [5, 5.41) is 14.3. The molecule has 6 heteroatoms. The zero-order chi connectivity index (χ0) is 10.7. The third-order valence-corrected chi connectivity index (χ3v) is 1.68. The molecule has 5 nitrogen and oxygen atoms in total. The van der Waals surface area contributed by atoms with Crippen LogP contribution in [0.3, 0.4) is 0 Å². The van der Waals surface area contributed by atoms with Crippen LogP contribution in [0.2, 0.25) is 0 Å². The summed E-state index contributed by atoms with van der Waals surface area (Å²) in [7, 11) is 0. The number of hydrogen-bond donors (Lipinski definition) is 1. The van der Waals surface area contributed by atoms with Crippen molar-refractivity contribution < 1.29 is 14.0 Å². The molecular formula is C8H4FN3O2. The molecule has 0 saturated carbocycles. The van der Waals surface area contributed by atoms with E-state index < -0.39 is 17.5 Å². The lowest BCUT2D eigenvalue weighted by molar-refractivity contribution is -0.112. The van der Waals surface area contributed by atoms with E-state index in [2.05, 4.69) is 5.32 Å². The van der Waals surface area contributed by atoms with Crippen molar-refractivity contribution in [3.63, 3.8) is 0 Å². The predicted octanol–water partition coefficient (Wildman–Crippen LogP) is 0.991. The van der Waals surface area contributed by atoms with Crippen LogP contribution in [0, 0.1) is 16.6 Å². The minimum absolute atomic E-state index is 0.237. The van der Waals surface area contributed by atoms with E-state index in [1.165, 1.54) is 6.07 Å². The molecule has 1 aromatic rings. The highest BCUT2D eigenvalue weighted by atomic mass is 19.1. The Morgan fingerprint density at radius 2 is 1.86 bits per heavy atom. The number of amides is 1. The molecule has 1 aromatic carbocycles. The molecule has 0 atom stereocenters. The zero-order valence-corrected chi connectivity index (χ0v) is 6.82. The first-order chi connectivity index (χ1) is 6.68. The van der Waals surface area contributed by atoms with Gasteiger partial charge in [-0.15, -0.1) is 0 Å². The summed E-state index contributed by atoms with van der Waals surface area (Å²) in [6.07, 6.45) is 0. The first kappa shape index (κ1) is 9.80. The SMILES string of the molecule is N#N.O=C1Nc2cc(F)ccc2C1=O. The van der Waals surface area contributed by atoms with Gasteiger partial charge in [-0.3, -0.25) is 9.59 Å². The predicted molar refractivity (Wildman–Crippen MR) is 42.8 cm³/mol. The van der Waals surface area contributed by atoms with Crippen LogP contribution in [0.15, 0.2) is 18.2 Å². The van der Waals surface area contributed by atoms with E-state index in [0.717, 1.165) is 12.1 Å². The molecule has 0 aromatic heterocycles. The number of carbonyl (C=O) groups is 2. The van der Waals surface area contributed by atoms with Gasteiger partial charge in [0.15, 0.2) is 0 Å². The number of nitrogens with one attached hydrogen (secondary N) is 1. The largest absolute Gasteiger partial charge is 0.318 e.